The molecule has 1 heterocycles. The second-order valence-corrected chi connectivity index (χ2v) is 4.54. The molecule has 0 spiro atoms. The zero-order valence-corrected chi connectivity index (χ0v) is 8.91. The van der Waals surface area contributed by atoms with Gasteiger partial charge in [0.1, 0.15) is 0 Å². The predicted octanol–water partition coefficient (Wildman–Crippen LogP) is 1.67. The smallest absolute Gasteiger partial charge is 0.164 e. The molecule has 74 valence electrons. The first-order chi connectivity index (χ1) is 6.01. The normalized spacial score (nSPS) is 12.0. The first-order valence-corrected chi connectivity index (χ1v) is 4.78. The highest BCUT2D eigenvalue weighted by molar-refractivity contribution is 4.83. The molecule has 1 rings (SSSR count). The van der Waals surface area contributed by atoms with E-state index < -0.39 is 0 Å². The lowest BCUT2D eigenvalue weighted by molar-refractivity contribution is 0.398. The monoisotopic (exact) mass is 182 g/mol. The topological polar surface area (TPSA) is 43.6 Å². The van der Waals surface area contributed by atoms with Gasteiger partial charge in [0, 0.05) is 6.42 Å². The van der Waals surface area contributed by atoms with Crippen molar-refractivity contribution in [1.82, 2.24) is 20.2 Å². The van der Waals surface area contributed by atoms with Crippen LogP contribution < -0.4 is 0 Å². The molecule has 0 saturated heterocycles. The van der Waals surface area contributed by atoms with Crippen LogP contribution in [0.15, 0.2) is 0 Å². The van der Waals surface area contributed by atoms with E-state index in [4.69, 9.17) is 0 Å². The van der Waals surface area contributed by atoms with Crippen LogP contribution in [-0.2, 0) is 13.0 Å². The van der Waals surface area contributed by atoms with Crippen LogP contribution in [-0.4, -0.2) is 20.2 Å². The number of hydrogen-bond donors (Lipinski definition) is 0. The first kappa shape index (κ1) is 10.2. The van der Waals surface area contributed by atoms with E-state index in [2.05, 4.69) is 43.1 Å². The van der Waals surface area contributed by atoms with Gasteiger partial charge >= 0.3 is 0 Å². The lowest BCUT2D eigenvalue weighted by Gasteiger charge is -2.14. The van der Waals surface area contributed by atoms with Gasteiger partial charge in [-0.25, -0.2) is 0 Å². The number of aromatic nitrogens is 4. The van der Waals surface area contributed by atoms with Crippen LogP contribution in [0.2, 0.25) is 0 Å². The van der Waals surface area contributed by atoms with Crippen molar-refractivity contribution in [2.75, 3.05) is 0 Å². The number of aryl methyl sites for hydroxylation is 1. The van der Waals surface area contributed by atoms with Crippen molar-refractivity contribution < 1.29 is 0 Å². The lowest BCUT2D eigenvalue weighted by atomic mass is 9.92. The van der Waals surface area contributed by atoms with Gasteiger partial charge in [0.15, 0.2) is 5.82 Å². The molecule has 0 aliphatic carbocycles. The van der Waals surface area contributed by atoms with E-state index in [1.54, 1.807) is 4.80 Å². The van der Waals surface area contributed by atoms with Crippen molar-refractivity contribution in [1.29, 1.82) is 0 Å². The second kappa shape index (κ2) is 3.85. The van der Waals surface area contributed by atoms with Crippen LogP contribution in [0.1, 0.15) is 39.9 Å². The zero-order valence-electron chi connectivity index (χ0n) is 8.91. The van der Waals surface area contributed by atoms with Crippen LogP contribution >= 0.6 is 0 Å². The fraction of sp³-hybridized carbons (Fsp3) is 0.889. The molecular weight excluding hydrogens is 164 g/mol. The quantitative estimate of drug-likeness (QED) is 0.714. The summed E-state index contributed by atoms with van der Waals surface area (Å²) in [7, 11) is 0. The fourth-order valence-corrected chi connectivity index (χ4v) is 1.12. The van der Waals surface area contributed by atoms with E-state index in [0.29, 0.717) is 0 Å². The van der Waals surface area contributed by atoms with Gasteiger partial charge in [-0.15, -0.1) is 10.2 Å². The molecule has 13 heavy (non-hydrogen) atoms. The van der Waals surface area contributed by atoms with Crippen molar-refractivity contribution in [2.45, 2.75) is 47.1 Å². The van der Waals surface area contributed by atoms with Crippen molar-refractivity contribution >= 4 is 0 Å². The SMILES string of the molecule is CCCn1nnc(CC(C)(C)C)n1. The number of tetrazole rings is 1. The highest BCUT2D eigenvalue weighted by Gasteiger charge is 2.14. The van der Waals surface area contributed by atoms with Crippen LogP contribution in [0.4, 0.5) is 0 Å². The molecule has 1 aromatic rings. The van der Waals surface area contributed by atoms with Crippen molar-refractivity contribution in [3.8, 4) is 0 Å². The maximum atomic E-state index is 4.28. The van der Waals surface area contributed by atoms with Gasteiger partial charge in [-0.2, -0.15) is 4.80 Å². The summed E-state index contributed by atoms with van der Waals surface area (Å²) in [5.74, 6) is 0.848. The highest BCUT2D eigenvalue weighted by Crippen LogP contribution is 2.17. The molecule has 0 N–H and O–H groups in total. The predicted molar refractivity (Wildman–Crippen MR) is 51.3 cm³/mol. The summed E-state index contributed by atoms with van der Waals surface area (Å²) in [6, 6.07) is 0. The molecular formula is C9H18N4. The Morgan fingerprint density at radius 2 is 2.00 bits per heavy atom. The summed E-state index contributed by atoms with van der Waals surface area (Å²) >= 11 is 0. The minimum Gasteiger partial charge on any atom is -0.164 e. The maximum absolute atomic E-state index is 4.28. The first-order valence-electron chi connectivity index (χ1n) is 4.78. The molecule has 0 aromatic carbocycles. The molecule has 0 bridgehead atoms. The molecule has 0 aliphatic rings. The Balaban J connectivity index is 2.59. The molecule has 0 fully saturated rings. The fourth-order valence-electron chi connectivity index (χ4n) is 1.12. The standard InChI is InChI=1S/C9H18N4/c1-5-6-13-11-8(10-12-13)7-9(2,3)4/h5-7H2,1-4H3. The number of hydrogen-bond acceptors (Lipinski definition) is 3. The van der Waals surface area contributed by atoms with Gasteiger partial charge < -0.3 is 0 Å². The van der Waals surface area contributed by atoms with Crippen LogP contribution in [0, 0.1) is 5.41 Å². The number of rotatable bonds is 3. The van der Waals surface area contributed by atoms with Crippen LogP contribution in [0.5, 0.6) is 0 Å². The molecule has 0 unspecified atom stereocenters. The molecule has 4 heteroatoms. The Morgan fingerprint density at radius 3 is 2.54 bits per heavy atom. The lowest BCUT2D eigenvalue weighted by Crippen LogP contribution is -2.11. The Labute approximate surface area is 79.3 Å². The van der Waals surface area contributed by atoms with Gasteiger partial charge in [0.25, 0.3) is 0 Å². The minimum absolute atomic E-state index is 0.236. The van der Waals surface area contributed by atoms with Gasteiger partial charge in [-0.1, -0.05) is 27.7 Å². The average Bonchev–Trinajstić information content (AvgIpc) is 2.33. The molecule has 4 nitrogen and oxygen atoms in total. The summed E-state index contributed by atoms with van der Waals surface area (Å²) in [5.41, 5.74) is 0.236. The summed E-state index contributed by atoms with van der Waals surface area (Å²) in [4.78, 5) is 1.67. The largest absolute Gasteiger partial charge is 0.175 e. The van der Waals surface area contributed by atoms with Crippen LogP contribution in [0.3, 0.4) is 0 Å². The third-order valence-corrected chi connectivity index (χ3v) is 1.61. The highest BCUT2D eigenvalue weighted by atomic mass is 15.6. The van der Waals surface area contributed by atoms with E-state index in [-0.39, 0.29) is 5.41 Å². The summed E-state index contributed by atoms with van der Waals surface area (Å²) in [6.45, 7) is 9.48. The Bertz CT molecular complexity index is 259. The third kappa shape index (κ3) is 3.53. The second-order valence-electron chi connectivity index (χ2n) is 4.54. The molecule has 0 saturated carbocycles. The maximum Gasteiger partial charge on any atom is 0.175 e. The molecule has 0 amide bonds. The molecule has 0 radical (unpaired) electrons. The van der Waals surface area contributed by atoms with Crippen molar-refractivity contribution in [3.63, 3.8) is 0 Å². The summed E-state index contributed by atoms with van der Waals surface area (Å²) in [5, 5.41) is 12.2. The van der Waals surface area contributed by atoms with Crippen molar-refractivity contribution in [3.05, 3.63) is 5.82 Å². The Morgan fingerprint density at radius 1 is 1.31 bits per heavy atom. The van der Waals surface area contributed by atoms with E-state index in [0.717, 1.165) is 25.2 Å². The Hall–Kier alpha value is -0.930. The van der Waals surface area contributed by atoms with E-state index in [9.17, 15) is 0 Å². The van der Waals surface area contributed by atoms with E-state index >= 15 is 0 Å². The van der Waals surface area contributed by atoms with Crippen LogP contribution in [0.25, 0.3) is 0 Å². The van der Waals surface area contributed by atoms with Gasteiger partial charge in [-0.05, 0) is 17.0 Å². The summed E-state index contributed by atoms with van der Waals surface area (Å²) < 4.78 is 0. The summed E-state index contributed by atoms with van der Waals surface area (Å²) in [6.07, 6.45) is 1.93. The minimum atomic E-state index is 0.236. The molecule has 0 aliphatic heterocycles. The Kier molecular flexibility index (Phi) is 3.01. The average molecular weight is 182 g/mol. The zero-order chi connectivity index (χ0) is 9.90. The molecule has 1 aromatic heterocycles. The van der Waals surface area contributed by atoms with Gasteiger partial charge in [0.2, 0.25) is 0 Å². The molecule has 0 atom stereocenters. The van der Waals surface area contributed by atoms with Gasteiger partial charge in [0.05, 0.1) is 6.54 Å². The van der Waals surface area contributed by atoms with E-state index in [1.165, 1.54) is 0 Å². The van der Waals surface area contributed by atoms with Gasteiger partial charge in [-0.3, -0.25) is 0 Å². The van der Waals surface area contributed by atoms with E-state index in [1.807, 2.05) is 0 Å². The third-order valence-electron chi connectivity index (χ3n) is 1.61. The van der Waals surface area contributed by atoms with Crippen molar-refractivity contribution in [2.24, 2.45) is 5.41 Å². The number of nitrogens with zero attached hydrogens (tertiary/aromatic N) is 4.